The molecule has 3 rings (SSSR count). The Kier molecular flexibility index (Phi) is 4.18. The van der Waals surface area contributed by atoms with Crippen LogP contribution in [0.15, 0.2) is 29.1 Å². The van der Waals surface area contributed by atoms with E-state index in [1.165, 1.54) is 16.4 Å². The Labute approximate surface area is 133 Å². The number of carbonyl (C=O) groups excluding carboxylic acids is 1. The third-order valence-corrected chi connectivity index (χ3v) is 4.10. The standard InChI is InChI=1S/C16H19N3O4/c1-22-12-8-6-11(7-9-12)10-18-16(21)19-13(15(20)23-2)4-3-5-14(19)17-18/h6-9,13H,3-5,10H2,1-2H3/t13-/m0/s1. The Hall–Kier alpha value is -2.57. The summed E-state index contributed by atoms with van der Waals surface area (Å²) in [7, 11) is 2.94. The summed E-state index contributed by atoms with van der Waals surface area (Å²) in [5.41, 5.74) is 0.670. The number of ether oxygens (including phenoxy) is 2. The Morgan fingerprint density at radius 1 is 1.30 bits per heavy atom. The second kappa shape index (κ2) is 6.28. The Bertz CT molecular complexity index is 761. The van der Waals surface area contributed by atoms with Crippen molar-refractivity contribution in [2.75, 3.05) is 14.2 Å². The zero-order valence-electron chi connectivity index (χ0n) is 13.2. The van der Waals surface area contributed by atoms with Gasteiger partial charge in [-0.25, -0.2) is 14.3 Å². The van der Waals surface area contributed by atoms with E-state index in [0.29, 0.717) is 25.2 Å². The summed E-state index contributed by atoms with van der Waals surface area (Å²) in [4.78, 5) is 24.5. The molecule has 1 atom stereocenters. The molecule has 7 heteroatoms. The molecule has 0 N–H and O–H groups in total. The van der Waals surface area contributed by atoms with Gasteiger partial charge in [0.15, 0.2) is 0 Å². The van der Waals surface area contributed by atoms with Gasteiger partial charge in [-0.05, 0) is 30.5 Å². The van der Waals surface area contributed by atoms with Crippen molar-refractivity contribution in [3.05, 3.63) is 46.1 Å². The van der Waals surface area contributed by atoms with E-state index in [1.807, 2.05) is 24.3 Å². The highest BCUT2D eigenvalue weighted by atomic mass is 16.5. The van der Waals surface area contributed by atoms with Gasteiger partial charge in [0.1, 0.15) is 17.6 Å². The molecule has 23 heavy (non-hydrogen) atoms. The van der Waals surface area contributed by atoms with E-state index >= 15 is 0 Å². The van der Waals surface area contributed by atoms with Gasteiger partial charge in [0, 0.05) is 6.42 Å². The molecule has 0 fully saturated rings. The van der Waals surface area contributed by atoms with Gasteiger partial charge in [-0.3, -0.25) is 4.57 Å². The van der Waals surface area contributed by atoms with Gasteiger partial charge in [-0.15, -0.1) is 0 Å². The van der Waals surface area contributed by atoms with Crippen molar-refractivity contribution < 1.29 is 14.3 Å². The number of methoxy groups -OCH3 is 2. The second-order valence-electron chi connectivity index (χ2n) is 5.51. The molecule has 0 saturated heterocycles. The average Bonchev–Trinajstić information content (AvgIpc) is 2.91. The largest absolute Gasteiger partial charge is 0.497 e. The molecule has 1 aliphatic rings. The van der Waals surface area contributed by atoms with E-state index in [1.54, 1.807) is 7.11 Å². The quantitative estimate of drug-likeness (QED) is 0.791. The van der Waals surface area contributed by atoms with Crippen molar-refractivity contribution >= 4 is 5.97 Å². The van der Waals surface area contributed by atoms with Gasteiger partial charge >= 0.3 is 11.7 Å². The van der Waals surface area contributed by atoms with E-state index in [9.17, 15) is 9.59 Å². The highest BCUT2D eigenvalue weighted by molar-refractivity contribution is 5.74. The molecule has 1 aromatic carbocycles. The number of hydrogen-bond donors (Lipinski definition) is 0. The molecule has 122 valence electrons. The number of hydrogen-bond acceptors (Lipinski definition) is 5. The highest BCUT2D eigenvalue weighted by Crippen LogP contribution is 2.23. The first-order valence-electron chi connectivity index (χ1n) is 7.53. The van der Waals surface area contributed by atoms with Gasteiger partial charge < -0.3 is 9.47 Å². The normalized spacial score (nSPS) is 16.7. The van der Waals surface area contributed by atoms with Crippen molar-refractivity contribution in [2.24, 2.45) is 0 Å². The lowest BCUT2D eigenvalue weighted by atomic mass is 10.1. The van der Waals surface area contributed by atoms with Crippen LogP contribution in [0, 0.1) is 0 Å². The summed E-state index contributed by atoms with van der Waals surface area (Å²) in [6.07, 6.45) is 2.12. The van der Waals surface area contributed by atoms with Crippen molar-refractivity contribution in [1.29, 1.82) is 0 Å². The van der Waals surface area contributed by atoms with Crippen LogP contribution in [-0.4, -0.2) is 34.5 Å². The van der Waals surface area contributed by atoms with Gasteiger partial charge in [0.25, 0.3) is 0 Å². The first-order chi connectivity index (χ1) is 11.1. The van der Waals surface area contributed by atoms with Gasteiger partial charge in [0.05, 0.1) is 20.8 Å². The lowest BCUT2D eigenvalue weighted by Gasteiger charge is -2.20. The fraction of sp³-hybridized carbons (Fsp3) is 0.438. The summed E-state index contributed by atoms with van der Waals surface area (Å²) in [6, 6.07) is 6.89. The highest BCUT2D eigenvalue weighted by Gasteiger charge is 2.31. The van der Waals surface area contributed by atoms with Crippen LogP contribution < -0.4 is 10.4 Å². The van der Waals surface area contributed by atoms with Gasteiger partial charge in [0.2, 0.25) is 0 Å². The predicted molar refractivity (Wildman–Crippen MR) is 82.6 cm³/mol. The number of fused-ring (bicyclic) bond motifs is 1. The summed E-state index contributed by atoms with van der Waals surface area (Å²) in [5.74, 6) is 1.01. The molecular weight excluding hydrogens is 298 g/mol. The number of esters is 1. The second-order valence-corrected chi connectivity index (χ2v) is 5.51. The molecule has 0 bridgehead atoms. The lowest BCUT2D eigenvalue weighted by Crippen LogP contribution is -2.35. The molecule has 0 radical (unpaired) electrons. The molecule has 1 aliphatic heterocycles. The summed E-state index contributed by atoms with van der Waals surface area (Å²) >= 11 is 0. The maximum atomic E-state index is 12.6. The molecule has 0 unspecified atom stereocenters. The Morgan fingerprint density at radius 2 is 2.04 bits per heavy atom. The van der Waals surface area contributed by atoms with Crippen LogP contribution in [0.25, 0.3) is 0 Å². The van der Waals surface area contributed by atoms with E-state index in [-0.39, 0.29) is 5.69 Å². The SMILES string of the molecule is COC(=O)[C@@H]1CCCc2nn(Cc3ccc(OC)cc3)c(=O)n21. The Balaban J connectivity index is 1.91. The van der Waals surface area contributed by atoms with Crippen LogP contribution >= 0.6 is 0 Å². The molecule has 0 amide bonds. The molecular formula is C16H19N3O4. The van der Waals surface area contributed by atoms with Gasteiger partial charge in [-0.2, -0.15) is 5.10 Å². The summed E-state index contributed by atoms with van der Waals surface area (Å²) < 4.78 is 12.8. The van der Waals surface area contributed by atoms with Crippen LogP contribution in [-0.2, 0) is 22.5 Å². The lowest BCUT2D eigenvalue weighted by molar-refractivity contribution is -0.145. The minimum atomic E-state index is -0.569. The van der Waals surface area contributed by atoms with E-state index in [2.05, 4.69) is 5.10 Å². The third kappa shape index (κ3) is 2.86. The maximum Gasteiger partial charge on any atom is 0.347 e. The molecule has 0 aliphatic carbocycles. The number of benzene rings is 1. The van der Waals surface area contributed by atoms with Crippen LogP contribution in [0.1, 0.15) is 30.3 Å². The number of aryl methyl sites for hydroxylation is 1. The first kappa shape index (κ1) is 15.3. The number of nitrogens with zero attached hydrogens (tertiary/aromatic N) is 3. The third-order valence-electron chi connectivity index (χ3n) is 4.10. The molecule has 2 heterocycles. The molecule has 0 spiro atoms. The average molecular weight is 317 g/mol. The minimum absolute atomic E-state index is 0.272. The summed E-state index contributed by atoms with van der Waals surface area (Å²) in [5, 5.41) is 4.38. The zero-order chi connectivity index (χ0) is 16.4. The van der Waals surface area contributed by atoms with E-state index in [4.69, 9.17) is 9.47 Å². The van der Waals surface area contributed by atoms with Gasteiger partial charge in [-0.1, -0.05) is 12.1 Å². The zero-order valence-corrected chi connectivity index (χ0v) is 13.2. The predicted octanol–water partition coefficient (Wildman–Crippen LogP) is 1.15. The Morgan fingerprint density at radius 3 is 2.70 bits per heavy atom. The fourth-order valence-corrected chi connectivity index (χ4v) is 2.90. The van der Waals surface area contributed by atoms with Crippen molar-refractivity contribution in [3.8, 4) is 5.75 Å². The van der Waals surface area contributed by atoms with E-state index in [0.717, 1.165) is 17.7 Å². The number of aromatic nitrogens is 3. The molecule has 0 saturated carbocycles. The van der Waals surface area contributed by atoms with Crippen LogP contribution in [0.4, 0.5) is 0 Å². The van der Waals surface area contributed by atoms with Crippen LogP contribution in [0.3, 0.4) is 0 Å². The van der Waals surface area contributed by atoms with Crippen molar-refractivity contribution in [2.45, 2.75) is 31.8 Å². The number of rotatable bonds is 4. The fourth-order valence-electron chi connectivity index (χ4n) is 2.90. The minimum Gasteiger partial charge on any atom is -0.497 e. The number of carbonyl (C=O) groups is 1. The maximum absolute atomic E-state index is 12.6. The molecule has 2 aromatic rings. The molecule has 7 nitrogen and oxygen atoms in total. The van der Waals surface area contributed by atoms with Crippen molar-refractivity contribution in [1.82, 2.24) is 14.3 Å². The van der Waals surface area contributed by atoms with E-state index < -0.39 is 12.0 Å². The first-order valence-corrected chi connectivity index (χ1v) is 7.53. The topological polar surface area (TPSA) is 75.3 Å². The molecule has 1 aromatic heterocycles. The van der Waals surface area contributed by atoms with Crippen LogP contribution in [0.5, 0.6) is 5.75 Å². The van der Waals surface area contributed by atoms with Crippen LogP contribution in [0.2, 0.25) is 0 Å². The smallest absolute Gasteiger partial charge is 0.347 e. The monoisotopic (exact) mass is 317 g/mol. The van der Waals surface area contributed by atoms with Crippen molar-refractivity contribution in [3.63, 3.8) is 0 Å². The summed E-state index contributed by atoms with van der Waals surface area (Å²) in [6.45, 7) is 0.358.